The summed E-state index contributed by atoms with van der Waals surface area (Å²) >= 11 is 0.942. The topological polar surface area (TPSA) is 96.9 Å². The maximum Gasteiger partial charge on any atom is 0.286 e. The molecule has 3 rings (SSSR count). The summed E-state index contributed by atoms with van der Waals surface area (Å²) in [6.45, 7) is 0.331. The van der Waals surface area contributed by atoms with Crippen molar-refractivity contribution in [1.29, 1.82) is 0 Å². The lowest BCUT2D eigenvalue weighted by molar-refractivity contribution is 0.0948. The Morgan fingerprint density at radius 3 is 2.42 bits per heavy atom. The minimum absolute atomic E-state index is 0.130. The van der Waals surface area contributed by atoms with Gasteiger partial charge < -0.3 is 10.6 Å². The molecule has 0 saturated heterocycles. The molecule has 0 unspecified atom stereocenters. The van der Waals surface area contributed by atoms with Gasteiger partial charge in [0.1, 0.15) is 0 Å². The lowest BCUT2D eigenvalue weighted by Crippen LogP contribution is -2.22. The van der Waals surface area contributed by atoms with E-state index in [0.717, 1.165) is 16.9 Å². The third kappa shape index (κ3) is 3.99. The van der Waals surface area contributed by atoms with Crippen LogP contribution in [0.25, 0.3) is 0 Å². The Labute approximate surface area is 141 Å². The minimum Gasteiger partial charge on any atom is -0.346 e. The van der Waals surface area contributed by atoms with Gasteiger partial charge in [-0.05, 0) is 23.8 Å². The van der Waals surface area contributed by atoms with E-state index in [4.69, 9.17) is 0 Å². The molecule has 0 fully saturated rings. The van der Waals surface area contributed by atoms with E-state index in [1.54, 1.807) is 30.6 Å². The van der Waals surface area contributed by atoms with Crippen LogP contribution in [0.1, 0.15) is 25.2 Å². The SMILES string of the molecule is O=C(NCc1cccnc1)c1nnc(C(=O)Nc2ccccc2)s1. The molecule has 0 bridgehead atoms. The predicted molar refractivity (Wildman–Crippen MR) is 89.7 cm³/mol. The summed E-state index contributed by atoms with van der Waals surface area (Å²) in [4.78, 5) is 28.1. The van der Waals surface area contributed by atoms with Crippen molar-refractivity contribution in [2.24, 2.45) is 0 Å². The smallest absolute Gasteiger partial charge is 0.286 e. The second-order valence-electron chi connectivity index (χ2n) is 4.78. The zero-order valence-electron chi connectivity index (χ0n) is 12.5. The van der Waals surface area contributed by atoms with Gasteiger partial charge in [0.05, 0.1) is 0 Å². The monoisotopic (exact) mass is 339 g/mol. The molecule has 8 heteroatoms. The molecule has 3 aromatic rings. The van der Waals surface area contributed by atoms with Crippen molar-refractivity contribution in [3.63, 3.8) is 0 Å². The Morgan fingerprint density at radius 1 is 0.958 bits per heavy atom. The van der Waals surface area contributed by atoms with E-state index in [-0.39, 0.29) is 15.9 Å². The second kappa shape index (κ2) is 7.42. The molecule has 0 aliphatic rings. The van der Waals surface area contributed by atoms with E-state index in [2.05, 4.69) is 25.8 Å². The van der Waals surface area contributed by atoms with Gasteiger partial charge in [-0.25, -0.2) is 0 Å². The Bertz CT molecular complexity index is 836. The normalized spacial score (nSPS) is 10.2. The number of aromatic nitrogens is 3. The molecule has 2 N–H and O–H groups in total. The number of rotatable bonds is 5. The van der Waals surface area contributed by atoms with Crippen LogP contribution in [-0.2, 0) is 6.54 Å². The number of para-hydroxylation sites is 1. The molecule has 2 aromatic heterocycles. The molecule has 0 spiro atoms. The molecule has 7 nitrogen and oxygen atoms in total. The first-order chi connectivity index (χ1) is 11.7. The Balaban J connectivity index is 1.60. The van der Waals surface area contributed by atoms with Crippen molar-refractivity contribution in [1.82, 2.24) is 20.5 Å². The molecule has 0 aliphatic heterocycles. The van der Waals surface area contributed by atoms with Crippen LogP contribution in [-0.4, -0.2) is 27.0 Å². The summed E-state index contributed by atoms with van der Waals surface area (Å²) in [6, 6.07) is 12.6. The average Bonchev–Trinajstić information content (AvgIpc) is 3.12. The number of amides is 2. The first kappa shape index (κ1) is 15.8. The highest BCUT2D eigenvalue weighted by Crippen LogP contribution is 2.13. The number of benzene rings is 1. The van der Waals surface area contributed by atoms with Crippen molar-refractivity contribution in [3.05, 3.63) is 70.4 Å². The maximum atomic E-state index is 12.1. The largest absolute Gasteiger partial charge is 0.346 e. The third-order valence-corrected chi connectivity index (χ3v) is 3.94. The van der Waals surface area contributed by atoms with Gasteiger partial charge in [-0.15, -0.1) is 10.2 Å². The minimum atomic E-state index is -0.398. The van der Waals surface area contributed by atoms with Crippen LogP contribution in [0.4, 0.5) is 5.69 Å². The molecule has 120 valence electrons. The summed E-state index contributed by atoms with van der Waals surface area (Å²) in [5.41, 5.74) is 1.53. The molecular formula is C16H13N5O2S. The van der Waals surface area contributed by atoms with Crippen LogP contribution in [0.3, 0.4) is 0 Å². The summed E-state index contributed by atoms with van der Waals surface area (Å²) < 4.78 is 0. The number of carbonyl (C=O) groups is 2. The van der Waals surface area contributed by atoms with Gasteiger partial charge in [-0.3, -0.25) is 14.6 Å². The highest BCUT2D eigenvalue weighted by atomic mass is 32.1. The van der Waals surface area contributed by atoms with Crippen molar-refractivity contribution in [2.45, 2.75) is 6.54 Å². The van der Waals surface area contributed by atoms with Gasteiger partial charge >= 0.3 is 0 Å². The molecule has 0 aliphatic carbocycles. The fourth-order valence-electron chi connectivity index (χ4n) is 1.87. The molecular weight excluding hydrogens is 326 g/mol. The number of carbonyl (C=O) groups excluding carboxylic acids is 2. The average molecular weight is 339 g/mol. The fourth-order valence-corrected chi connectivity index (χ4v) is 2.53. The first-order valence-corrected chi connectivity index (χ1v) is 7.91. The standard InChI is InChI=1S/C16H13N5O2S/c22-13(18-10-11-5-4-8-17-9-11)15-20-21-16(24-15)14(23)19-12-6-2-1-3-7-12/h1-9H,10H2,(H,18,22)(H,19,23). The number of hydrogen-bond donors (Lipinski definition) is 2. The number of anilines is 1. The quantitative estimate of drug-likeness (QED) is 0.742. The van der Waals surface area contributed by atoms with Gasteiger partial charge in [-0.2, -0.15) is 0 Å². The third-order valence-electron chi connectivity index (χ3n) is 3.02. The highest BCUT2D eigenvalue weighted by Gasteiger charge is 2.17. The molecule has 2 amide bonds. The van der Waals surface area contributed by atoms with Crippen LogP contribution in [0, 0.1) is 0 Å². The van der Waals surface area contributed by atoms with Crippen molar-refractivity contribution < 1.29 is 9.59 Å². The molecule has 0 saturated carbocycles. The van der Waals surface area contributed by atoms with Crippen LogP contribution in [0.2, 0.25) is 0 Å². The Morgan fingerprint density at radius 2 is 1.71 bits per heavy atom. The van der Waals surface area contributed by atoms with Crippen LogP contribution in [0.15, 0.2) is 54.9 Å². The first-order valence-electron chi connectivity index (χ1n) is 7.09. The van der Waals surface area contributed by atoms with E-state index in [1.807, 2.05) is 24.3 Å². The van der Waals surface area contributed by atoms with Crippen molar-refractivity contribution in [3.8, 4) is 0 Å². The highest BCUT2D eigenvalue weighted by molar-refractivity contribution is 7.15. The molecule has 2 heterocycles. The maximum absolute atomic E-state index is 12.1. The van der Waals surface area contributed by atoms with E-state index in [9.17, 15) is 9.59 Å². The van der Waals surface area contributed by atoms with E-state index in [0.29, 0.717) is 12.2 Å². The van der Waals surface area contributed by atoms with Crippen LogP contribution < -0.4 is 10.6 Å². The number of pyridine rings is 1. The number of nitrogens with one attached hydrogen (secondary N) is 2. The second-order valence-corrected chi connectivity index (χ2v) is 5.75. The zero-order valence-corrected chi connectivity index (χ0v) is 13.3. The van der Waals surface area contributed by atoms with E-state index >= 15 is 0 Å². The van der Waals surface area contributed by atoms with Gasteiger partial charge in [0.15, 0.2) is 0 Å². The van der Waals surface area contributed by atoms with Crippen LogP contribution >= 0.6 is 11.3 Å². The molecule has 0 atom stereocenters. The van der Waals surface area contributed by atoms with Crippen molar-refractivity contribution in [2.75, 3.05) is 5.32 Å². The Kier molecular flexibility index (Phi) is 4.87. The summed E-state index contributed by atoms with van der Waals surface area (Å²) in [5.74, 6) is -0.778. The summed E-state index contributed by atoms with van der Waals surface area (Å²) in [7, 11) is 0. The van der Waals surface area contributed by atoms with Crippen LogP contribution in [0.5, 0.6) is 0 Å². The van der Waals surface area contributed by atoms with Crippen molar-refractivity contribution >= 4 is 28.8 Å². The molecule has 0 radical (unpaired) electrons. The van der Waals surface area contributed by atoms with E-state index in [1.165, 1.54) is 0 Å². The number of hydrogen-bond acceptors (Lipinski definition) is 6. The number of nitrogens with zero attached hydrogens (tertiary/aromatic N) is 3. The lowest BCUT2D eigenvalue weighted by atomic mass is 10.3. The zero-order chi connectivity index (χ0) is 16.8. The lowest BCUT2D eigenvalue weighted by Gasteiger charge is -2.02. The van der Waals surface area contributed by atoms with Gasteiger partial charge in [-0.1, -0.05) is 35.6 Å². The van der Waals surface area contributed by atoms with Gasteiger partial charge in [0.2, 0.25) is 10.0 Å². The van der Waals surface area contributed by atoms with Gasteiger partial charge in [0, 0.05) is 24.6 Å². The fraction of sp³-hybridized carbons (Fsp3) is 0.0625. The van der Waals surface area contributed by atoms with E-state index < -0.39 is 5.91 Å². The molecule has 1 aromatic carbocycles. The molecule has 24 heavy (non-hydrogen) atoms. The predicted octanol–water partition coefficient (Wildman–Crippen LogP) is 2.12. The summed E-state index contributed by atoms with van der Waals surface area (Å²) in [6.07, 6.45) is 3.33. The Hall–Kier alpha value is -3.13. The summed E-state index contributed by atoms with van der Waals surface area (Å²) in [5, 5.41) is 13.2. The van der Waals surface area contributed by atoms with Gasteiger partial charge in [0.25, 0.3) is 11.8 Å².